The number of amides is 1. The molecule has 0 aliphatic heterocycles. The largest absolute Gasteiger partial charge is 0.386 e. The Morgan fingerprint density at radius 2 is 2.20 bits per heavy atom. The monoisotopic (exact) mass is 340 g/mol. The van der Waals surface area contributed by atoms with Crippen molar-refractivity contribution in [2.45, 2.75) is 6.10 Å². The van der Waals surface area contributed by atoms with Crippen LogP contribution in [0.2, 0.25) is 0 Å². The van der Waals surface area contributed by atoms with Gasteiger partial charge in [-0.1, -0.05) is 18.2 Å². The Morgan fingerprint density at radius 3 is 2.80 bits per heavy atom. The number of hydrogen-bond donors (Lipinski definition) is 2. The number of carbonyl (C=O) groups excluding carboxylic acids is 1. The number of aryl methyl sites for hydroxylation is 1. The molecule has 0 saturated carbocycles. The lowest BCUT2D eigenvalue weighted by Crippen LogP contribution is -2.29. The molecule has 0 aliphatic carbocycles. The van der Waals surface area contributed by atoms with E-state index in [4.69, 9.17) is 0 Å². The van der Waals surface area contributed by atoms with Crippen molar-refractivity contribution < 1.29 is 14.3 Å². The fraction of sp³-hybridized carbons (Fsp3) is 0.214. The number of nitrogens with one attached hydrogen (secondary N) is 1. The molecule has 0 aliphatic rings. The van der Waals surface area contributed by atoms with E-state index in [0.717, 1.165) is 4.47 Å². The second-order valence-corrected chi connectivity index (χ2v) is 5.32. The van der Waals surface area contributed by atoms with Crippen LogP contribution in [0.15, 0.2) is 41.0 Å². The molecule has 4 nitrogen and oxygen atoms in total. The van der Waals surface area contributed by atoms with Crippen LogP contribution in [-0.2, 0) is 7.05 Å². The van der Waals surface area contributed by atoms with Crippen LogP contribution < -0.4 is 5.32 Å². The highest BCUT2D eigenvalue weighted by Crippen LogP contribution is 2.16. The lowest BCUT2D eigenvalue weighted by atomic mass is 10.1. The van der Waals surface area contributed by atoms with Crippen LogP contribution in [0.5, 0.6) is 0 Å². The van der Waals surface area contributed by atoms with Crippen molar-refractivity contribution in [3.8, 4) is 0 Å². The Labute approximate surface area is 124 Å². The topological polar surface area (TPSA) is 54.3 Å². The molecule has 106 valence electrons. The number of rotatable bonds is 4. The van der Waals surface area contributed by atoms with Crippen molar-refractivity contribution >= 4 is 21.8 Å². The molecule has 1 aromatic heterocycles. The first-order valence-corrected chi connectivity index (χ1v) is 6.81. The van der Waals surface area contributed by atoms with Crippen molar-refractivity contribution in [3.05, 3.63) is 58.1 Å². The molecular weight excluding hydrogens is 327 g/mol. The molecule has 0 radical (unpaired) electrons. The first-order chi connectivity index (χ1) is 9.49. The van der Waals surface area contributed by atoms with E-state index in [9.17, 15) is 14.3 Å². The van der Waals surface area contributed by atoms with Gasteiger partial charge in [0, 0.05) is 29.8 Å². The van der Waals surface area contributed by atoms with Crippen LogP contribution in [0.4, 0.5) is 4.39 Å². The zero-order valence-corrected chi connectivity index (χ0v) is 12.4. The van der Waals surface area contributed by atoms with Crippen molar-refractivity contribution in [1.29, 1.82) is 0 Å². The summed E-state index contributed by atoms with van der Waals surface area (Å²) in [5.74, 6) is -0.815. The number of carbonyl (C=O) groups is 1. The van der Waals surface area contributed by atoms with Crippen molar-refractivity contribution in [3.63, 3.8) is 0 Å². The summed E-state index contributed by atoms with van der Waals surface area (Å²) in [6, 6.07) is 7.62. The average Bonchev–Trinajstić information content (AvgIpc) is 2.75. The standard InChI is InChI=1S/C14H14BrFN2O2/c1-18-8-9(15)6-12(18)14(20)17-7-13(19)10-4-2-3-5-11(10)16/h2-6,8,13,19H,7H2,1H3,(H,17,20)/t13-/m1/s1. The molecule has 1 heterocycles. The van der Waals surface area contributed by atoms with Gasteiger partial charge >= 0.3 is 0 Å². The predicted octanol–water partition coefficient (Wildman–Crippen LogP) is 2.39. The van der Waals surface area contributed by atoms with Gasteiger partial charge in [-0.25, -0.2) is 4.39 Å². The normalized spacial score (nSPS) is 12.2. The molecular formula is C14H14BrFN2O2. The third-order valence-corrected chi connectivity index (χ3v) is 3.36. The Balaban J connectivity index is 2.00. The highest BCUT2D eigenvalue weighted by atomic mass is 79.9. The molecule has 20 heavy (non-hydrogen) atoms. The van der Waals surface area contributed by atoms with E-state index in [2.05, 4.69) is 21.2 Å². The van der Waals surface area contributed by atoms with Crippen LogP contribution in [0.3, 0.4) is 0 Å². The SMILES string of the molecule is Cn1cc(Br)cc1C(=O)NC[C@@H](O)c1ccccc1F. The second-order valence-electron chi connectivity index (χ2n) is 4.40. The third-order valence-electron chi connectivity index (χ3n) is 2.92. The molecule has 1 amide bonds. The molecule has 1 atom stereocenters. The number of aromatic nitrogens is 1. The zero-order valence-electron chi connectivity index (χ0n) is 10.8. The summed E-state index contributed by atoms with van der Waals surface area (Å²) in [6.07, 6.45) is 0.672. The zero-order chi connectivity index (χ0) is 14.7. The van der Waals surface area contributed by atoms with Gasteiger partial charge in [0.1, 0.15) is 11.5 Å². The number of aliphatic hydroxyl groups is 1. The fourth-order valence-electron chi connectivity index (χ4n) is 1.89. The van der Waals surface area contributed by atoms with Gasteiger partial charge in [-0.2, -0.15) is 0 Å². The van der Waals surface area contributed by atoms with E-state index in [0.29, 0.717) is 5.69 Å². The predicted molar refractivity (Wildman–Crippen MR) is 76.8 cm³/mol. The maximum atomic E-state index is 13.5. The number of hydrogen-bond acceptors (Lipinski definition) is 2. The van der Waals surface area contributed by atoms with Crippen LogP contribution in [0, 0.1) is 5.82 Å². The quantitative estimate of drug-likeness (QED) is 0.897. The summed E-state index contributed by atoms with van der Waals surface area (Å²) in [4.78, 5) is 11.9. The van der Waals surface area contributed by atoms with E-state index < -0.39 is 11.9 Å². The summed E-state index contributed by atoms with van der Waals surface area (Å²) in [5, 5.41) is 12.5. The molecule has 0 saturated heterocycles. The van der Waals surface area contributed by atoms with E-state index in [-0.39, 0.29) is 18.0 Å². The van der Waals surface area contributed by atoms with Gasteiger partial charge in [-0.05, 0) is 28.1 Å². The number of aliphatic hydroxyl groups excluding tert-OH is 1. The first-order valence-electron chi connectivity index (χ1n) is 6.01. The lowest BCUT2D eigenvalue weighted by Gasteiger charge is -2.13. The summed E-state index contributed by atoms with van der Waals surface area (Å²) >= 11 is 3.28. The van der Waals surface area contributed by atoms with Gasteiger partial charge < -0.3 is 15.0 Å². The summed E-state index contributed by atoms with van der Waals surface area (Å²) in [7, 11) is 1.74. The number of nitrogens with zero attached hydrogens (tertiary/aromatic N) is 1. The van der Waals surface area contributed by atoms with E-state index in [1.54, 1.807) is 36.0 Å². The van der Waals surface area contributed by atoms with Gasteiger partial charge in [-0.3, -0.25) is 4.79 Å². The van der Waals surface area contributed by atoms with Gasteiger partial charge in [0.15, 0.2) is 0 Å². The smallest absolute Gasteiger partial charge is 0.268 e. The second kappa shape index (κ2) is 6.19. The Morgan fingerprint density at radius 1 is 1.50 bits per heavy atom. The lowest BCUT2D eigenvalue weighted by molar-refractivity contribution is 0.0906. The van der Waals surface area contributed by atoms with Crippen LogP contribution in [0.25, 0.3) is 0 Å². The number of halogens is 2. The van der Waals surface area contributed by atoms with Gasteiger partial charge in [0.25, 0.3) is 5.91 Å². The molecule has 0 spiro atoms. The first kappa shape index (κ1) is 14.7. The van der Waals surface area contributed by atoms with Crippen molar-refractivity contribution in [2.75, 3.05) is 6.54 Å². The van der Waals surface area contributed by atoms with Crippen LogP contribution in [0.1, 0.15) is 22.2 Å². The summed E-state index contributed by atoms with van der Waals surface area (Å²) in [5.41, 5.74) is 0.624. The fourth-order valence-corrected chi connectivity index (χ4v) is 2.41. The van der Waals surface area contributed by atoms with Crippen LogP contribution in [-0.4, -0.2) is 22.1 Å². The highest BCUT2D eigenvalue weighted by Gasteiger charge is 2.15. The maximum absolute atomic E-state index is 13.5. The van der Waals surface area contributed by atoms with E-state index in [1.165, 1.54) is 12.1 Å². The van der Waals surface area contributed by atoms with E-state index >= 15 is 0 Å². The minimum Gasteiger partial charge on any atom is -0.386 e. The van der Waals surface area contributed by atoms with Crippen molar-refractivity contribution in [2.24, 2.45) is 7.05 Å². The molecule has 2 rings (SSSR count). The molecule has 0 unspecified atom stereocenters. The molecule has 6 heteroatoms. The Hall–Kier alpha value is -1.66. The Kier molecular flexibility index (Phi) is 4.57. The maximum Gasteiger partial charge on any atom is 0.268 e. The molecule has 2 N–H and O–H groups in total. The minimum atomic E-state index is -1.08. The van der Waals surface area contributed by atoms with Crippen LogP contribution >= 0.6 is 15.9 Å². The van der Waals surface area contributed by atoms with E-state index in [1.807, 2.05) is 0 Å². The molecule has 1 aromatic carbocycles. The summed E-state index contributed by atoms with van der Waals surface area (Å²) < 4.78 is 15.9. The summed E-state index contributed by atoms with van der Waals surface area (Å²) in [6.45, 7) is -0.0530. The van der Waals surface area contributed by atoms with Gasteiger partial charge in [0.05, 0.1) is 6.10 Å². The molecule has 2 aromatic rings. The molecule has 0 bridgehead atoms. The molecule has 0 fully saturated rings. The number of benzene rings is 1. The average molecular weight is 341 g/mol. The van der Waals surface area contributed by atoms with Gasteiger partial charge in [-0.15, -0.1) is 0 Å². The van der Waals surface area contributed by atoms with Gasteiger partial charge in [0.2, 0.25) is 0 Å². The Bertz CT molecular complexity index is 627. The highest BCUT2D eigenvalue weighted by molar-refractivity contribution is 9.10. The van der Waals surface area contributed by atoms with Crippen molar-refractivity contribution in [1.82, 2.24) is 9.88 Å². The minimum absolute atomic E-state index is 0.0530. The third kappa shape index (κ3) is 3.26.